The smallest absolute Gasteiger partial charge is 0.164 e. The van der Waals surface area contributed by atoms with Crippen molar-refractivity contribution in [3.8, 4) is 11.8 Å². The van der Waals surface area contributed by atoms with Gasteiger partial charge in [0.1, 0.15) is 5.37 Å². The Labute approximate surface area is 128 Å². The fourth-order valence-electron chi connectivity index (χ4n) is 2.06. The van der Waals surface area contributed by atoms with Gasteiger partial charge in [0, 0.05) is 35.7 Å². The molecule has 0 bridgehead atoms. The maximum Gasteiger partial charge on any atom is 0.164 e. The van der Waals surface area contributed by atoms with E-state index < -0.39 is 9.84 Å². The van der Waals surface area contributed by atoms with Gasteiger partial charge in [0.25, 0.3) is 0 Å². The third-order valence-electron chi connectivity index (χ3n) is 3.02. The number of sulfone groups is 1. The van der Waals surface area contributed by atoms with Crippen LogP contribution >= 0.6 is 23.1 Å². The fraction of sp³-hybridized carbons (Fsp3) is 0.538. The summed E-state index contributed by atoms with van der Waals surface area (Å²) in [5.74, 6) is 7.48. The average molecular weight is 331 g/mol. The normalized spacial score (nSPS) is 20.4. The number of thiophene rings is 1. The Bertz CT molecular complexity index is 613. The van der Waals surface area contributed by atoms with Crippen molar-refractivity contribution in [3.05, 3.63) is 21.9 Å². The van der Waals surface area contributed by atoms with Gasteiger partial charge in [0.15, 0.2) is 9.84 Å². The van der Waals surface area contributed by atoms with E-state index in [4.69, 9.17) is 5.73 Å². The van der Waals surface area contributed by atoms with Gasteiger partial charge < -0.3 is 5.73 Å². The van der Waals surface area contributed by atoms with E-state index in [0.29, 0.717) is 18.8 Å². The van der Waals surface area contributed by atoms with Crippen molar-refractivity contribution in [2.75, 3.05) is 30.9 Å². The fourth-order valence-corrected chi connectivity index (χ4v) is 5.91. The monoisotopic (exact) mass is 330 g/mol. The van der Waals surface area contributed by atoms with Crippen molar-refractivity contribution in [1.29, 1.82) is 0 Å². The highest BCUT2D eigenvalue weighted by atomic mass is 32.2. The molecule has 4 nitrogen and oxygen atoms in total. The molecule has 0 aliphatic carbocycles. The van der Waals surface area contributed by atoms with Gasteiger partial charge >= 0.3 is 0 Å². The Morgan fingerprint density at radius 3 is 3.00 bits per heavy atom. The summed E-state index contributed by atoms with van der Waals surface area (Å²) in [5, 5.41) is -0.373. The minimum absolute atomic E-state index is 0.354. The van der Waals surface area contributed by atoms with Gasteiger partial charge in [0.05, 0.1) is 11.4 Å². The molecule has 0 amide bonds. The standard InChI is InChI=1S/C13H18N2O2S3/c1-20(16,17)13-10-18-8-7-15(13)9-12-5-4-11(19-12)3-2-6-14/h4-5,13H,6-10,14H2,1H3. The van der Waals surface area contributed by atoms with E-state index in [1.165, 1.54) is 6.26 Å². The molecule has 1 saturated heterocycles. The predicted molar refractivity (Wildman–Crippen MR) is 86.6 cm³/mol. The Kier molecular flexibility index (Phi) is 5.52. The van der Waals surface area contributed by atoms with Crippen molar-refractivity contribution in [1.82, 2.24) is 4.90 Å². The van der Waals surface area contributed by atoms with Crippen molar-refractivity contribution in [3.63, 3.8) is 0 Å². The molecule has 2 N–H and O–H groups in total. The van der Waals surface area contributed by atoms with Crippen LogP contribution in [0.1, 0.15) is 9.75 Å². The summed E-state index contributed by atoms with van der Waals surface area (Å²) in [5.41, 5.74) is 5.35. The summed E-state index contributed by atoms with van der Waals surface area (Å²) < 4.78 is 23.7. The minimum atomic E-state index is -3.04. The molecule has 20 heavy (non-hydrogen) atoms. The van der Waals surface area contributed by atoms with Crippen LogP contribution in [0.5, 0.6) is 0 Å². The molecule has 2 rings (SSSR count). The van der Waals surface area contributed by atoms with Crippen molar-refractivity contribution in [2.45, 2.75) is 11.9 Å². The van der Waals surface area contributed by atoms with Gasteiger partial charge in [-0.1, -0.05) is 11.8 Å². The molecule has 1 aromatic rings. The second-order valence-electron chi connectivity index (χ2n) is 4.60. The highest BCUT2D eigenvalue weighted by Gasteiger charge is 2.30. The Morgan fingerprint density at radius 1 is 1.50 bits per heavy atom. The SMILES string of the molecule is CS(=O)(=O)C1CSCCN1Cc1ccc(C#CCN)s1. The lowest BCUT2D eigenvalue weighted by Gasteiger charge is -2.33. The molecular formula is C13H18N2O2S3. The molecular weight excluding hydrogens is 312 g/mol. The summed E-state index contributed by atoms with van der Waals surface area (Å²) in [7, 11) is -3.04. The molecule has 1 aliphatic rings. The number of nitrogens with two attached hydrogens (primary N) is 1. The Morgan fingerprint density at radius 2 is 2.30 bits per heavy atom. The minimum Gasteiger partial charge on any atom is -0.320 e. The summed E-state index contributed by atoms with van der Waals surface area (Å²) >= 11 is 3.31. The largest absolute Gasteiger partial charge is 0.320 e. The third kappa shape index (κ3) is 4.24. The molecule has 7 heteroatoms. The highest BCUT2D eigenvalue weighted by molar-refractivity contribution is 8.00. The van der Waals surface area contributed by atoms with E-state index in [-0.39, 0.29) is 5.37 Å². The topological polar surface area (TPSA) is 63.4 Å². The molecule has 0 aromatic carbocycles. The number of hydrogen-bond donors (Lipinski definition) is 1. The van der Waals surface area contributed by atoms with Crippen molar-refractivity contribution < 1.29 is 8.42 Å². The number of rotatable bonds is 3. The van der Waals surface area contributed by atoms with Crippen LogP contribution in [-0.4, -0.2) is 49.5 Å². The van der Waals surface area contributed by atoms with Crippen LogP contribution in [-0.2, 0) is 16.4 Å². The molecule has 0 radical (unpaired) electrons. The quantitative estimate of drug-likeness (QED) is 0.837. The van der Waals surface area contributed by atoms with E-state index in [9.17, 15) is 8.42 Å². The van der Waals surface area contributed by atoms with Crippen LogP contribution in [0.15, 0.2) is 12.1 Å². The van der Waals surface area contributed by atoms with E-state index in [0.717, 1.165) is 22.1 Å². The molecule has 1 atom stereocenters. The molecule has 1 unspecified atom stereocenters. The zero-order chi connectivity index (χ0) is 14.6. The molecule has 1 aromatic heterocycles. The summed E-state index contributed by atoms with van der Waals surface area (Å²) in [6.45, 7) is 1.84. The number of hydrogen-bond acceptors (Lipinski definition) is 6. The van der Waals surface area contributed by atoms with Crippen molar-refractivity contribution >= 4 is 32.9 Å². The van der Waals surface area contributed by atoms with E-state index >= 15 is 0 Å². The molecule has 1 fully saturated rings. The molecule has 1 aliphatic heterocycles. The second-order valence-corrected chi connectivity index (χ2v) is 9.12. The van der Waals surface area contributed by atoms with Crippen LogP contribution in [0.25, 0.3) is 0 Å². The lowest BCUT2D eigenvalue weighted by molar-refractivity contribution is 0.264. The van der Waals surface area contributed by atoms with Gasteiger partial charge in [-0.25, -0.2) is 8.42 Å². The summed E-state index contributed by atoms with van der Waals surface area (Å²) in [6, 6.07) is 3.99. The van der Waals surface area contributed by atoms with Crippen LogP contribution in [0, 0.1) is 11.8 Å². The van der Waals surface area contributed by atoms with Gasteiger partial charge in [-0.05, 0) is 12.1 Å². The van der Waals surface area contributed by atoms with Crippen LogP contribution in [0.2, 0.25) is 0 Å². The predicted octanol–water partition coefficient (Wildman–Crippen LogP) is 0.978. The van der Waals surface area contributed by atoms with Crippen LogP contribution < -0.4 is 5.73 Å². The van der Waals surface area contributed by atoms with Gasteiger partial charge in [-0.2, -0.15) is 11.8 Å². The zero-order valence-electron chi connectivity index (χ0n) is 11.3. The van der Waals surface area contributed by atoms with E-state index in [1.54, 1.807) is 23.1 Å². The first-order valence-electron chi connectivity index (χ1n) is 6.29. The molecule has 110 valence electrons. The lowest BCUT2D eigenvalue weighted by Crippen LogP contribution is -2.46. The maximum absolute atomic E-state index is 11.8. The van der Waals surface area contributed by atoms with Crippen molar-refractivity contribution in [2.24, 2.45) is 5.73 Å². The summed E-state index contributed by atoms with van der Waals surface area (Å²) in [6.07, 6.45) is 1.32. The zero-order valence-corrected chi connectivity index (χ0v) is 13.8. The van der Waals surface area contributed by atoms with Gasteiger partial charge in [0.2, 0.25) is 0 Å². The highest BCUT2D eigenvalue weighted by Crippen LogP contribution is 2.25. The first kappa shape index (κ1) is 15.9. The Balaban J connectivity index is 2.09. The second kappa shape index (κ2) is 6.96. The van der Waals surface area contributed by atoms with Gasteiger partial charge in [-0.3, -0.25) is 4.90 Å². The van der Waals surface area contributed by atoms with E-state index in [2.05, 4.69) is 16.7 Å². The Hall–Kier alpha value is -0.520. The maximum atomic E-state index is 11.8. The molecule has 0 spiro atoms. The molecule has 2 heterocycles. The van der Waals surface area contributed by atoms with E-state index in [1.807, 2.05) is 12.1 Å². The number of nitrogens with zero attached hydrogens (tertiary/aromatic N) is 1. The van der Waals surface area contributed by atoms with Crippen LogP contribution in [0.4, 0.5) is 0 Å². The third-order valence-corrected chi connectivity index (χ3v) is 6.69. The van der Waals surface area contributed by atoms with Gasteiger partial charge in [-0.15, -0.1) is 11.3 Å². The molecule has 0 saturated carbocycles. The average Bonchev–Trinajstić information content (AvgIpc) is 2.83. The van der Waals surface area contributed by atoms with Crippen LogP contribution in [0.3, 0.4) is 0 Å². The first-order chi connectivity index (χ1) is 9.50. The number of thioether (sulfide) groups is 1. The lowest BCUT2D eigenvalue weighted by atomic mass is 10.4. The summed E-state index contributed by atoms with van der Waals surface area (Å²) in [4.78, 5) is 4.18. The first-order valence-corrected chi connectivity index (χ1v) is 10.2.